The zero-order valence-electron chi connectivity index (χ0n) is 25.2. The van der Waals surface area contributed by atoms with Crippen molar-refractivity contribution in [3.63, 3.8) is 0 Å². The number of nitrogens with zero attached hydrogens (tertiary/aromatic N) is 2. The molecule has 1 aromatic carbocycles. The number of hydrogen-bond acceptors (Lipinski definition) is 6. The number of aliphatic imine (C=N–C) groups is 1. The number of amides is 3. The van der Waals surface area contributed by atoms with Gasteiger partial charge in [0.25, 0.3) is 0 Å². The van der Waals surface area contributed by atoms with Crippen molar-refractivity contribution in [3.05, 3.63) is 35.9 Å². The highest BCUT2D eigenvalue weighted by Gasteiger charge is 2.40. The molecule has 5 atom stereocenters. The van der Waals surface area contributed by atoms with Gasteiger partial charge in [0.2, 0.25) is 17.7 Å². The molecule has 1 aliphatic heterocycles. The van der Waals surface area contributed by atoms with E-state index in [1.807, 2.05) is 36.5 Å². The summed E-state index contributed by atoms with van der Waals surface area (Å²) in [6.07, 6.45) is 14.2. The maximum atomic E-state index is 13.7. The van der Waals surface area contributed by atoms with Crippen molar-refractivity contribution in [3.8, 4) is 12.3 Å². The first-order valence-electron chi connectivity index (χ1n) is 16.1. The fourth-order valence-electron chi connectivity index (χ4n) is 6.35. The fraction of sp³-hybridized carbons (Fsp3) is 0.647. The van der Waals surface area contributed by atoms with Crippen molar-refractivity contribution >= 4 is 23.9 Å². The summed E-state index contributed by atoms with van der Waals surface area (Å²) in [6, 6.07) is 7.83. The summed E-state index contributed by atoms with van der Waals surface area (Å²) >= 11 is 0. The van der Waals surface area contributed by atoms with Crippen LogP contribution >= 0.6 is 0 Å². The number of carbonyl (C=O) groups excluding carboxylic acids is 3. The second kappa shape index (κ2) is 16.6. The molecule has 0 bridgehead atoms. The molecule has 0 saturated heterocycles. The Kier molecular flexibility index (Phi) is 12.6. The minimum absolute atomic E-state index is 0.00171. The number of hydrogen-bond donors (Lipinski definition) is 4. The molecule has 3 aliphatic rings. The van der Waals surface area contributed by atoms with Crippen molar-refractivity contribution in [1.82, 2.24) is 15.5 Å². The molecular formula is C34H48N4O5. The van der Waals surface area contributed by atoms with Gasteiger partial charge in [-0.25, -0.2) is 0 Å². The van der Waals surface area contributed by atoms with Crippen LogP contribution in [0.1, 0.15) is 76.2 Å². The Balaban J connectivity index is 1.45. The number of rotatable bonds is 14. The highest BCUT2D eigenvalue weighted by molar-refractivity contribution is 5.91. The lowest BCUT2D eigenvalue weighted by Crippen LogP contribution is -2.56. The second-order valence-corrected chi connectivity index (χ2v) is 12.5. The van der Waals surface area contributed by atoms with Gasteiger partial charge in [0, 0.05) is 32.1 Å². The van der Waals surface area contributed by atoms with E-state index in [2.05, 4.69) is 21.5 Å². The average molecular weight is 593 g/mol. The highest BCUT2D eigenvalue weighted by atomic mass is 16.3. The van der Waals surface area contributed by atoms with Crippen molar-refractivity contribution in [2.45, 2.75) is 101 Å². The average Bonchev–Trinajstić information content (AvgIpc) is 3.88. The molecule has 43 heavy (non-hydrogen) atoms. The lowest BCUT2D eigenvalue weighted by atomic mass is 9.82. The molecular weight excluding hydrogens is 544 g/mol. The van der Waals surface area contributed by atoms with E-state index < -0.39 is 42.0 Å². The molecule has 2 fully saturated rings. The van der Waals surface area contributed by atoms with Gasteiger partial charge in [0.05, 0.1) is 24.6 Å². The molecule has 234 valence electrons. The van der Waals surface area contributed by atoms with Gasteiger partial charge in [-0.3, -0.25) is 19.4 Å². The molecule has 9 heteroatoms. The van der Waals surface area contributed by atoms with Crippen molar-refractivity contribution in [2.75, 3.05) is 19.6 Å². The SMILES string of the molecule is C#CC[C@H](NC(=O)[C@@H](CC(=O)N1CCC=NCC1)Cc1ccccc1)C(=O)N[C@@H](CC1CCCCC1)[C@@H](O)[C@@H](O)C1CC1. The molecule has 3 amide bonds. The van der Waals surface area contributed by atoms with Gasteiger partial charge in [0.1, 0.15) is 12.1 Å². The molecule has 1 heterocycles. The van der Waals surface area contributed by atoms with Crippen LogP contribution in [0.15, 0.2) is 35.3 Å². The smallest absolute Gasteiger partial charge is 0.243 e. The molecule has 4 N–H and O–H groups in total. The van der Waals surface area contributed by atoms with Crippen LogP contribution in [-0.4, -0.2) is 83.0 Å². The van der Waals surface area contributed by atoms with Crippen LogP contribution in [0.2, 0.25) is 0 Å². The van der Waals surface area contributed by atoms with Crippen LogP contribution in [0.3, 0.4) is 0 Å². The fourth-order valence-corrected chi connectivity index (χ4v) is 6.35. The number of terminal acetylenes is 1. The van der Waals surface area contributed by atoms with Crippen LogP contribution in [0.5, 0.6) is 0 Å². The molecule has 0 spiro atoms. The van der Waals surface area contributed by atoms with E-state index in [0.717, 1.165) is 44.1 Å². The molecule has 2 aliphatic carbocycles. The Morgan fingerprint density at radius 2 is 1.74 bits per heavy atom. The monoisotopic (exact) mass is 592 g/mol. The summed E-state index contributed by atoms with van der Waals surface area (Å²) in [7, 11) is 0. The minimum Gasteiger partial charge on any atom is -0.390 e. The summed E-state index contributed by atoms with van der Waals surface area (Å²) in [6.45, 7) is 1.60. The number of carbonyl (C=O) groups is 3. The maximum absolute atomic E-state index is 13.7. The van der Waals surface area contributed by atoms with E-state index in [4.69, 9.17) is 6.42 Å². The number of aliphatic hydroxyl groups excluding tert-OH is 2. The van der Waals surface area contributed by atoms with E-state index in [9.17, 15) is 24.6 Å². The molecule has 9 nitrogen and oxygen atoms in total. The number of benzene rings is 1. The van der Waals surface area contributed by atoms with Crippen LogP contribution in [0.4, 0.5) is 0 Å². The Morgan fingerprint density at radius 3 is 2.44 bits per heavy atom. The number of nitrogens with one attached hydrogen (secondary N) is 2. The van der Waals surface area contributed by atoms with Crippen LogP contribution in [0.25, 0.3) is 0 Å². The van der Waals surface area contributed by atoms with Gasteiger partial charge >= 0.3 is 0 Å². The third-order valence-corrected chi connectivity index (χ3v) is 9.09. The van der Waals surface area contributed by atoms with E-state index in [1.165, 1.54) is 6.42 Å². The normalized spacial score (nSPS) is 21.0. The van der Waals surface area contributed by atoms with Crippen molar-refractivity contribution < 1.29 is 24.6 Å². The topological polar surface area (TPSA) is 131 Å². The summed E-state index contributed by atoms with van der Waals surface area (Å²) in [5, 5.41) is 27.6. The van der Waals surface area contributed by atoms with Crippen LogP contribution < -0.4 is 10.6 Å². The first-order valence-corrected chi connectivity index (χ1v) is 16.1. The maximum Gasteiger partial charge on any atom is 0.243 e. The molecule has 0 unspecified atom stereocenters. The van der Waals surface area contributed by atoms with Gasteiger partial charge in [0.15, 0.2) is 0 Å². The molecule has 0 radical (unpaired) electrons. The lowest BCUT2D eigenvalue weighted by Gasteiger charge is -2.33. The van der Waals surface area contributed by atoms with Gasteiger partial charge in [-0.15, -0.1) is 12.3 Å². The third kappa shape index (κ3) is 10.2. The zero-order chi connectivity index (χ0) is 30.6. The Morgan fingerprint density at radius 1 is 1.00 bits per heavy atom. The first-order chi connectivity index (χ1) is 20.9. The molecule has 1 aromatic rings. The van der Waals surface area contributed by atoms with E-state index in [1.54, 1.807) is 4.90 Å². The Bertz CT molecular complexity index is 1120. The van der Waals surface area contributed by atoms with Crippen molar-refractivity contribution in [1.29, 1.82) is 0 Å². The van der Waals surface area contributed by atoms with E-state index >= 15 is 0 Å². The van der Waals surface area contributed by atoms with Gasteiger partial charge < -0.3 is 25.7 Å². The summed E-state index contributed by atoms with van der Waals surface area (Å²) < 4.78 is 0. The van der Waals surface area contributed by atoms with Gasteiger partial charge in [-0.1, -0.05) is 62.4 Å². The highest BCUT2D eigenvalue weighted by Crippen LogP contribution is 2.36. The predicted molar refractivity (Wildman–Crippen MR) is 166 cm³/mol. The third-order valence-electron chi connectivity index (χ3n) is 9.09. The molecule has 2 saturated carbocycles. The van der Waals surface area contributed by atoms with E-state index in [0.29, 0.717) is 44.8 Å². The minimum atomic E-state index is -1.10. The zero-order valence-corrected chi connectivity index (χ0v) is 25.2. The Hall–Kier alpha value is -3.22. The van der Waals surface area contributed by atoms with Crippen LogP contribution in [0, 0.1) is 30.1 Å². The number of aliphatic hydroxyl groups is 2. The molecule has 4 rings (SSSR count). The van der Waals surface area contributed by atoms with E-state index in [-0.39, 0.29) is 24.7 Å². The largest absolute Gasteiger partial charge is 0.390 e. The Labute approximate surface area is 255 Å². The van der Waals surface area contributed by atoms with Gasteiger partial charge in [-0.2, -0.15) is 0 Å². The molecule has 0 aromatic heterocycles. The summed E-state index contributed by atoms with van der Waals surface area (Å²) in [5.41, 5.74) is 0.914. The summed E-state index contributed by atoms with van der Waals surface area (Å²) in [5.74, 6) is 1.18. The standard InChI is InChI=1S/C34H48N4O5/c1-2-10-28(34(43)37-29(22-25-13-7-4-8-14-25)32(41)31(40)26-15-16-26)36-33(42)27(21-24-11-5-3-6-12-24)23-30(39)38-19-9-17-35-18-20-38/h1,3,5-6,11-12,17,25-29,31-32,40-41H,4,7-10,13-16,18-23H2,(H,36,42)(H,37,43)/t27-,28+,29+,31+,32-/m1/s1. The van der Waals surface area contributed by atoms with Gasteiger partial charge in [-0.05, 0) is 49.5 Å². The van der Waals surface area contributed by atoms with Crippen molar-refractivity contribution in [2.24, 2.45) is 22.7 Å². The summed E-state index contributed by atoms with van der Waals surface area (Å²) in [4.78, 5) is 46.6. The van der Waals surface area contributed by atoms with Crippen LogP contribution in [-0.2, 0) is 20.8 Å². The second-order valence-electron chi connectivity index (χ2n) is 12.5. The lowest BCUT2D eigenvalue weighted by molar-refractivity contribution is -0.137. The quantitative estimate of drug-likeness (QED) is 0.247. The first kappa shape index (κ1) is 32.7. The predicted octanol–water partition coefficient (Wildman–Crippen LogP) is 2.63.